The Balaban J connectivity index is 1.77. The predicted molar refractivity (Wildman–Crippen MR) is 84.2 cm³/mol. The monoisotopic (exact) mass is 312 g/mol. The molecule has 3 aliphatic heterocycles. The van der Waals surface area contributed by atoms with Gasteiger partial charge in [-0.15, -0.1) is 0 Å². The van der Waals surface area contributed by atoms with Crippen LogP contribution in [0.5, 0.6) is 0 Å². The summed E-state index contributed by atoms with van der Waals surface area (Å²) in [4.78, 5) is 5.08. The zero-order chi connectivity index (χ0) is 15.0. The van der Waals surface area contributed by atoms with Crippen molar-refractivity contribution in [2.45, 2.75) is 31.8 Å². The van der Waals surface area contributed by atoms with Crippen LogP contribution < -0.4 is 11.3 Å². The van der Waals surface area contributed by atoms with Gasteiger partial charge in [-0.1, -0.05) is 18.5 Å². The van der Waals surface area contributed by atoms with Crippen LogP contribution in [-0.4, -0.2) is 64.4 Å². The molecule has 3 saturated heterocycles. The Morgan fingerprint density at radius 2 is 2.10 bits per heavy atom. The second-order valence-electron chi connectivity index (χ2n) is 6.07. The van der Waals surface area contributed by atoms with Crippen molar-refractivity contribution in [1.29, 1.82) is 0 Å². The van der Waals surface area contributed by atoms with E-state index in [1.807, 2.05) is 11.7 Å². The Kier molecular flexibility index (Phi) is 4.51. The molecule has 2 bridgehead atoms. The highest BCUT2D eigenvalue weighted by molar-refractivity contribution is 6.31. The number of nitrogens with one attached hydrogen (secondary N) is 1. The minimum absolute atomic E-state index is 0.200. The smallest absolute Gasteiger partial charge is 0.0850 e. The van der Waals surface area contributed by atoms with E-state index in [9.17, 15) is 0 Å². The van der Waals surface area contributed by atoms with Gasteiger partial charge < -0.3 is 0 Å². The molecule has 1 aromatic rings. The average Bonchev–Trinajstić information content (AvgIpc) is 2.80. The van der Waals surface area contributed by atoms with Gasteiger partial charge in [0.1, 0.15) is 0 Å². The van der Waals surface area contributed by atoms with E-state index in [1.165, 1.54) is 13.1 Å². The van der Waals surface area contributed by atoms with Crippen LogP contribution in [0.15, 0.2) is 0 Å². The zero-order valence-electron chi connectivity index (χ0n) is 12.8. The highest BCUT2D eigenvalue weighted by Gasteiger charge is 2.37. The first-order valence-electron chi connectivity index (χ1n) is 7.76. The number of hydrazine groups is 1. The Hall–Kier alpha value is -0.660. The second-order valence-corrected chi connectivity index (χ2v) is 6.44. The number of hydrogen-bond acceptors (Lipinski definition) is 5. The number of piperazine rings is 3. The molecule has 4 rings (SSSR count). The molecule has 0 spiro atoms. The maximum atomic E-state index is 6.47. The van der Waals surface area contributed by atoms with Crippen molar-refractivity contribution >= 4 is 11.6 Å². The summed E-state index contributed by atoms with van der Waals surface area (Å²) in [6, 6.07) is 0.652. The fourth-order valence-electron chi connectivity index (χ4n) is 3.60. The van der Waals surface area contributed by atoms with E-state index in [-0.39, 0.29) is 6.04 Å². The molecule has 7 heteroatoms. The van der Waals surface area contributed by atoms with E-state index in [1.54, 1.807) is 0 Å². The predicted octanol–water partition coefficient (Wildman–Crippen LogP) is 0.0101. The number of nitrogens with zero attached hydrogens (tertiary/aromatic N) is 4. The minimum Gasteiger partial charge on any atom is -0.299 e. The van der Waals surface area contributed by atoms with Crippen LogP contribution in [-0.2, 0) is 19.9 Å². The molecule has 1 aromatic heterocycles. The van der Waals surface area contributed by atoms with Gasteiger partial charge in [0.05, 0.1) is 16.4 Å². The zero-order valence-corrected chi connectivity index (χ0v) is 13.6. The first kappa shape index (κ1) is 15.2. The first-order valence-corrected chi connectivity index (χ1v) is 8.14. The Labute approximate surface area is 131 Å². The van der Waals surface area contributed by atoms with Gasteiger partial charge in [0, 0.05) is 58.3 Å². The lowest BCUT2D eigenvalue weighted by Crippen LogP contribution is -2.67. The SMILES string of the molecule is CCc1nn(C)c(CC(NN)C2CN3CCN2CC3)c1Cl. The number of aromatic nitrogens is 2. The van der Waals surface area contributed by atoms with Crippen LogP contribution in [0, 0.1) is 0 Å². The molecule has 118 valence electrons. The lowest BCUT2D eigenvalue weighted by atomic mass is 9.96. The molecular formula is C14H25ClN6. The standard InChI is InChI=1S/C14H25ClN6/c1-3-10-14(15)12(19(2)18-10)8-11(17-16)13-9-20-4-6-21(13)7-5-20/h11,13,17H,3-9,16H2,1-2H3. The maximum absolute atomic E-state index is 6.47. The molecule has 0 aromatic carbocycles. The van der Waals surface area contributed by atoms with Crippen LogP contribution >= 0.6 is 11.6 Å². The number of hydrogen-bond donors (Lipinski definition) is 2. The number of rotatable bonds is 5. The number of aryl methyl sites for hydroxylation is 2. The molecule has 6 nitrogen and oxygen atoms in total. The van der Waals surface area contributed by atoms with E-state index in [4.69, 9.17) is 17.4 Å². The van der Waals surface area contributed by atoms with E-state index >= 15 is 0 Å². The lowest BCUT2D eigenvalue weighted by Gasteiger charge is -2.50. The Morgan fingerprint density at radius 3 is 2.57 bits per heavy atom. The number of nitrogens with two attached hydrogens (primary N) is 1. The van der Waals surface area contributed by atoms with Crippen LogP contribution in [0.2, 0.25) is 5.02 Å². The topological polar surface area (TPSA) is 62.4 Å². The van der Waals surface area contributed by atoms with Gasteiger partial charge in [-0.25, -0.2) is 0 Å². The van der Waals surface area contributed by atoms with E-state index in [0.717, 1.165) is 48.9 Å². The van der Waals surface area contributed by atoms with Gasteiger partial charge in [-0.05, 0) is 6.42 Å². The van der Waals surface area contributed by atoms with Crippen LogP contribution in [0.4, 0.5) is 0 Å². The summed E-state index contributed by atoms with van der Waals surface area (Å²) in [6.45, 7) is 7.81. The molecule has 3 fully saturated rings. The normalized spacial score (nSPS) is 29.8. The highest BCUT2D eigenvalue weighted by atomic mass is 35.5. The van der Waals surface area contributed by atoms with Crippen molar-refractivity contribution < 1.29 is 0 Å². The van der Waals surface area contributed by atoms with Crippen LogP contribution in [0.3, 0.4) is 0 Å². The Bertz CT molecular complexity index is 494. The van der Waals surface area contributed by atoms with Gasteiger partial charge in [-0.3, -0.25) is 25.8 Å². The molecule has 21 heavy (non-hydrogen) atoms. The van der Waals surface area contributed by atoms with Crippen molar-refractivity contribution in [2.75, 3.05) is 32.7 Å². The van der Waals surface area contributed by atoms with Crippen LogP contribution in [0.1, 0.15) is 18.3 Å². The summed E-state index contributed by atoms with van der Waals surface area (Å²) in [5.41, 5.74) is 5.07. The van der Waals surface area contributed by atoms with E-state index in [0.29, 0.717) is 6.04 Å². The molecule has 0 amide bonds. The molecular weight excluding hydrogens is 288 g/mol. The third-order valence-corrected chi connectivity index (χ3v) is 5.35. The molecule has 2 atom stereocenters. The summed E-state index contributed by atoms with van der Waals surface area (Å²) in [5, 5.41) is 5.30. The second kappa shape index (κ2) is 6.22. The third-order valence-electron chi connectivity index (χ3n) is 4.92. The summed E-state index contributed by atoms with van der Waals surface area (Å²) in [5.74, 6) is 5.85. The summed E-state index contributed by atoms with van der Waals surface area (Å²) in [7, 11) is 1.96. The molecule has 0 radical (unpaired) electrons. The van der Waals surface area contributed by atoms with Gasteiger partial charge in [0.2, 0.25) is 0 Å². The third kappa shape index (κ3) is 2.83. The number of halogens is 1. The summed E-state index contributed by atoms with van der Waals surface area (Å²) in [6.07, 6.45) is 1.67. The maximum Gasteiger partial charge on any atom is 0.0850 e. The molecule has 3 aliphatic rings. The summed E-state index contributed by atoms with van der Waals surface area (Å²) < 4.78 is 1.90. The van der Waals surface area contributed by atoms with Gasteiger partial charge in [-0.2, -0.15) is 5.10 Å². The molecule has 3 N–H and O–H groups in total. The lowest BCUT2D eigenvalue weighted by molar-refractivity contribution is -0.00339. The fraction of sp³-hybridized carbons (Fsp3) is 0.786. The summed E-state index contributed by atoms with van der Waals surface area (Å²) >= 11 is 6.47. The molecule has 2 unspecified atom stereocenters. The van der Waals surface area contributed by atoms with Gasteiger partial charge in [0.15, 0.2) is 0 Å². The molecule has 0 aliphatic carbocycles. The van der Waals surface area contributed by atoms with Crippen LogP contribution in [0.25, 0.3) is 0 Å². The van der Waals surface area contributed by atoms with Crippen molar-refractivity contribution in [3.05, 3.63) is 16.4 Å². The van der Waals surface area contributed by atoms with Crippen molar-refractivity contribution in [1.82, 2.24) is 25.0 Å². The fourth-order valence-corrected chi connectivity index (χ4v) is 3.97. The van der Waals surface area contributed by atoms with Gasteiger partial charge in [0.25, 0.3) is 0 Å². The van der Waals surface area contributed by atoms with E-state index < -0.39 is 0 Å². The first-order chi connectivity index (χ1) is 10.1. The highest BCUT2D eigenvalue weighted by Crippen LogP contribution is 2.25. The van der Waals surface area contributed by atoms with E-state index in [2.05, 4.69) is 27.2 Å². The minimum atomic E-state index is 0.200. The van der Waals surface area contributed by atoms with Crippen molar-refractivity contribution in [2.24, 2.45) is 12.9 Å². The molecule has 4 heterocycles. The average molecular weight is 313 g/mol. The van der Waals surface area contributed by atoms with Crippen molar-refractivity contribution in [3.63, 3.8) is 0 Å². The quantitative estimate of drug-likeness (QED) is 0.592. The largest absolute Gasteiger partial charge is 0.299 e. The molecule has 0 saturated carbocycles. The van der Waals surface area contributed by atoms with Gasteiger partial charge >= 0.3 is 0 Å². The number of fused-ring (bicyclic) bond motifs is 3. The van der Waals surface area contributed by atoms with Crippen molar-refractivity contribution in [3.8, 4) is 0 Å². The Morgan fingerprint density at radius 1 is 1.38 bits per heavy atom.